The van der Waals surface area contributed by atoms with Crippen molar-refractivity contribution < 1.29 is 22.7 Å². The summed E-state index contributed by atoms with van der Waals surface area (Å²) in [5, 5.41) is 7.47. The molecule has 1 amide bonds. The molecule has 0 bridgehead atoms. The first-order chi connectivity index (χ1) is 10.8. The molecular weight excluding hydrogens is 320 g/mol. The molecule has 1 atom stereocenters. The van der Waals surface area contributed by atoms with E-state index in [4.69, 9.17) is 9.88 Å². The first-order valence-electron chi connectivity index (χ1n) is 7.09. The number of rotatable bonds is 6. The van der Waals surface area contributed by atoms with Crippen molar-refractivity contribution in [1.29, 1.82) is 0 Å². The fourth-order valence-electron chi connectivity index (χ4n) is 2.23. The van der Waals surface area contributed by atoms with Crippen molar-refractivity contribution in [3.05, 3.63) is 36.4 Å². The van der Waals surface area contributed by atoms with Crippen LogP contribution in [0.5, 0.6) is 0 Å². The van der Waals surface area contributed by atoms with Gasteiger partial charge in [-0.25, -0.2) is 13.6 Å². The molecule has 1 aromatic carbocycles. The Labute approximate surface area is 134 Å². The molecule has 0 aromatic heterocycles. The summed E-state index contributed by atoms with van der Waals surface area (Å²) in [4.78, 5) is 23.2. The van der Waals surface area contributed by atoms with E-state index in [0.29, 0.717) is 0 Å². The summed E-state index contributed by atoms with van der Waals surface area (Å²) in [6.07, 6.45) is 6.12. The van der Waals surface area contributed by atoms with Gasteiger partial charge in [0.2, 0.25) is 10.0 Å². The van der Waals surface area contributed by atoms with Crippen LogP contribution in [0, 0.1) is 5.92 Å². The van der Waals surface area contributed by atoms with Crippen LogP contribution in [0.4, 0.5) is 5.69 Å². The van der Waals surface area contributed by atoms with Gasteiger partial charge in [0, 0.05) is 5.69 Å². The number of hydrogen-bond acceptors (Lipinski definition) is 5. The molecule has 0 fully saturated rings. The smallest absolute Gasteiger partial charge is 0.306 e. The van der Waals surface area contributed by atoms with Gasteiger partial charge in [-0.3, -0.25) is 9.59 Å². The number of primary sulfonamides is 1. The molecule has 0 heterocycles. The number of ether oxygens (including phenoxy) is 1. The fraction of sp³-hybridized carbons (Fsp3) is 0.333. The Hall–Kier alpha value is -2.19. The molecule has 124 valence electrons. The normalized spacial score (nSPS) is 17.0. The second-order valence-electron chi connectivity index (χ2n) is 5.25. The van der Waals surface area contributed by atoms with Gasteiger partial charge in [0.05, 0.1) is 11.3 Å². The standard InChI is InChI=1S/C15H18N2O5S/c16-23(20,21)13-7-3-6-12(9-13)17-14(18)10-22-15(19)8-11-4-1-2-5-11/h1,3-4,6-7,9,11H,2,5,8,10H2,(H,17,18)(H2,16,20,21)/t11-/m1/s1. The van der Waals surface area contributed by atoms with Crippen molar-refractivity contribution in [1.82, 2.24) is 0 Å². The van der Waals surface area contributed by atoms with E-state index in [1.54, 1.807) is 0 Å². The minimum absolute atomic E-state index is 0.111. The number of nitrogens with one attached hydrogen (secondary N) is 1. The highest BCUT2D eigenvalue weighted by Crippen LogP contribution is 2.20. The molecule has 7 nitrogen and oxygen atoms in total. The van der Waals surface area contributed by atoms with E-state index in [2.05, 4.69) is 5.32 Å². The number of nitrogens with two attached hydrogens (primary N) is 1. The topological polar surface area (TPSA) is 116 Å². The van der Waals surface area contributed by atoms with Crippen LogP contribution in [0.15, 0.2) is 41.3 Å². The lowest BCUT2D eigenvalue weighted by Crippen LogP contribution is -2.22. The average Bonchev–Trinajstić information content (AvgIpc) is 2.97. The monoisotopic (exact) mass is 338 g/mol. The van der Waals surface area contributed by atoms with Crippen molar-refractivity contribution >= 4 is 27.6 Å². The van der Waals surface area contributed by atoms with Gasteiger partial charge in [0.15, 0.2) is 6.61 Å². The molecule has 0 saturated carbocycles. The molecule has 2 rings (SSSR count). The number of esters is 1. The first kappa shape index (κ1) is 17.2. The summed E-state index contributed by atoms with van der Waals surface area (Å²) in [5.41, 5.74) is 0.260. The predicted octanol–water partition coefficient (Wildman–Crippen LogP) is 1.17. The van der Waals surface area contributed by atoms with Gasteiger partial charge in [-0.2, -0.15) is 0 Å². The lowest BCUT2D eigenvalue weighted by Gasteiger charge is -2.09. The Morgan fingerprint density at radius 1 is 1.35 bits per heavy atom. The van der Waals surface area contributed by atoms with E-state index in [-0.39, 0.29) is 22.9 Å². The maximum Gasteiger partial charge on any atom is 0.306 e. The Balaban J connectivity index is 1.82. The molecule has 1 aliphatic rings. The molecule has 0 unspecified atom stereocenters. The van der Waals surface area contributed by atoms with E-state index in [9.17, 15) is 18.0 Å². The van der Waals surface area contributed by atoms with E-state index < -0.39 is 28.5 Å². The van der Waals surface area contributed by atoms with Crippen molar-refractivity contribution in [2.75, 3.05) is 11.9 Å². The van der Waals surface area contributed by atoms with Gasteiger partial charge < -0.3 is 10.1 Å². The largest absolute Gasteiger partial charge is 0.456 e. The molecular formula is C15H18N2O5S. The van der Waals surface area contributed by atoms with E-state index in [1.165, 1.54) is 24.3 Å². The van der Waals surface area contributed by atoms with Crippen LogP contribution >= 0.6 is 0 Å². The van der Waals surface area contributed by atoms with Gasteiger partial charge in [0.25, 0.3) is 5.91 Å². The van der Waals surface area contributed by atoms with Gasteiger partial charge >= 0.3 is 5.97 Å². The third kappa shape index (κ3) is 5.50. The maximum absolute atomic E-state index is 11.7. The van der Waals surface area contributed by atoms with Crippen molar-refractivity contribution in [3.63, 3.8) is 0 Å². The third-order valence-electron chi connectivity index (χ3n) is 3.35. The molecule has 0 spiro atoms. The Kier molecular flexibility index (Phi) is 5.51. The first-order valence-corrected chi connectivity index (χ1v) is 8.64. The van der Waals surface area contributed by atoms with Crippen molar-refractivity contribution in [2.24, 2.45) is 11.1 Å². The molecule has 23 heavy (non-hydrogen) atoms. The number of hydrogen-bond donors (Lipinski definition) is 2. The average molecular weight is 338 g/mol. The quantitative estimate of drug-likeness (QED) is 0.597. The van der Waals surface area contributed by atoms with Crippen LogP contribution in [0.3, 0.4) is 0 Å². The number of carbonyl (C=O) groups is 2. The molecule has 0 aliphatic heterocycles. The second-order valence-corrected chi connectivity index (χ2v) is 6.81. The van der Waals surface area contributed by atoms with Crippen LogP contribution in [-0.4, -0.2) is 26.9 Å². The summed E-state index contributed by atoms with van der Waals surface area (Å²) in [7, 11) is -3.84. The van der Waals surface area contributed by atoms with E-state index in [0.717, 1.165) is 12.8 Å². The van der Waals surface area contributed by atoms with Crippen LogP contribution in [-0.2, 0) is 24.3 Å². The van der Waals surface area contributed by atoms with Gasteiger partial charge in [0.1, 0.15) is 0 Å². The number of amides is 1. The number of sulfonamides is 1. The van der Waals surface area contributed by atoms with E-state index in [1.807, 2.05) is 12.2 Å². The summed E-state index contributed by atoms with van der Waals surface area (Å²) < 4.78 is 27.4. The predicted molar refractivity (Wildman–Crippen MR) is 83.9 cm³/mol. The van der Waals surface area contributed by atoms with Crippen LogP contribution in [0.25, 0.3) is 0 Å². The van der Waals surface area contributed by atoms with Gasteiger partial charge in [-0.15, -0.1) is 0 Å². The maximum atomic E-state index is 11.7. The minimum atomic E-state index is -3.84. The SMILES string of the molecule is NS(=O)(=O)c1cccc(NC(=O)COC(=O)C[C@@H]2C=CCC2)c1. The molecule has 3 N–H and O–H groups in total. The highest BCUT2D eigenvalue weighted by Gasteiger charge is 2.16. The zero-order chi connectivity index (χ0) is 16.9. The van der Waals surface area contributed by atoms with Crippen LogP contribution in [0.1, 0.15) is 19.3 Å². The highest BCUT2D eigenvalue weighted by atomic mass is 32.2. The summed E-state index contributed by atoms with van der Waals surface area (Å²) in [6, 6.07) is 5.52. The lowest BCUT2D eigenvalue weighted by atomic mass is 10.1. The zero-order valence-corrected chi connectivity index (χ0v) is 13.2. The Morgan fingerprint density at radius 3 is 2.78 bits per heavy atom. The summed E-state index contributed by atoms with van der Waals surface area (Å²) >= 11 is 0. The Morgan fingerprint density at radius 2 is 2.13 bits per heavy atom. The number of anilines is 1. The molecule has 8 heteroatoms. The number of allylic oxidation sites excluding steroid dienone is 2. The zero-order valence-electron chi connectivity index (χ0n) is 12.4. The number of benzene rings is 1. The molecule has 1 aliphatic carbocycles. The molecule has 1 aromatic rings. The van der Waals surface area contributed by atoms with Crippen LogP contribution in [0.2, 0.25) is 0 Å². The minimum Gasteiger partial charge on any atom is -0.456 e. The van der Waals surface area contributed by atoms with Gasteiger partial charge in [-0.05, 0) is 37.0 Å². The Bertz CT molecular complexity index is 727. The van der Waals surface area contributed by atoms with Crippen molar-refractivity contribution in [3.8, 4) is 0 Å². The van der Waals surface area contributed by atoms with Crippen LogP contribution < -0.4 is 10.5 Å². The number of carbonyl (C=O) groups excluding carboxylic acids is 2. The third-order valence-corrected chi connectivity index (χ3v) is 4.26. The van der Waals surface area contributed by atoms with Gasteiger partial charge in [-0.1, -0.05) is 18.2 Å². The molecule has 0 radical (unpaired) electrons. The summed E-state index contributed by atoms with van der Waals surface area (Å²) in [6.45, 7) is -0.422. The fourth-order valence-corrected chi connectivity index (χ4v) is 2.79. The molecule has 0 saturated heterocycles. The van der Waals surface area contributed by atoms with Crippen molar-refractivity contribution in [2.45, 2.75) is 24.2 Å². The lowest BCUT2D eigenvalue weighted by molar-refractivity contribution is -0.147. The second kappa shape index (κ2) is 7.38. The highest BCUT2D eigenvalue weighted by molar-refractivity contribution is 7.89. The van der Waals surface area contributed by atoms with E-state index >= 15 is 0 Å². The summed E-state index contributed by atoms with van der Waals surface area (Å²) in [5.74, 6) is -0.807.